The molecule has 2 heterocycles. The first-order chi connectivity index (χ1) is 10.7. The van der Waals surface area contributed by atoms with Gasteiger partial charge in [0, 0.05) is 16.6 Å². The van der Waals surface area contributed by atoms with Gasteiger partial charge in [-0.3, -0.25) is 4.90 Å². The molecule has 2 saturated heterocycles. The Balaban J connectivity index is 1.72. The van der Waals surface area contributed by atoms with Crippen LogP contribution in [0.3, 0.4) is 0 Å². The summed E-state index contributed by atoms with van der Waals surface area (Å²) in [7, 11) is 0. The Hall–Kier alpha value is -1.06. The molecule has 4 rings (SSSR count). The lowest BCUT2D eigenvalue weighted by Crippen LogP contribution is -2.26. The maximum Gasteiger partial charge on any atom is 0.112 e. The van der Waals surface area contributed by atoms with Crippen molar-refractivity contribution in [2.45, 2.75) is 31.2 Å². The summed E-state index contributed by atoms with van der Waals surface area (Å²) in [6, 6.07) is 16.4. The van der Waals surface area contributed by atoms with Gasteiger partial charge in [0.25, 0.3) is 0 Å². The summed E-state index contributed by atoms with van der Waals surface area (Å²) in [6.07, 6.45) is 2.57. The number of fused-ring (bicyclic) bond motifs is 1. The molecule has 2 nitrogen and oxygen atoms in total. The van der Waals surface area contributed by atoms with Crippen LogP contribution in [0.4, 0.5) is 0 Å². The van der Waals surface area contributed by atoms with Crippen molar-refractivity contribution in [3.05, 3.63) is 69.7 Å². The van der Waals surface area contributed by atoms with Crippen LogP contribution in [-0.2, 0) is 4.74 Å². The lowest BCUT2D eigenvalue weighted by atomic mass is 9.95. The number of hydrogen-bond donors (Lipinski definition) is 0. The van der Waals surface area contributed by atoms with E-state index in [0.717, 1.165) is 23.0 Å². The zero-order valence-corrected chi connectivity index (χ0v) is 13.6. The summed E-state index contributed by atoms with van der Waals surface area (Å²) in [4.78, 5) is 2.47. The van der Waals surface area contributed by atoms with Crippen LogP contribution in [0.5, 0.6) is 0 Å². The normalized spacial score (nSPS) is 28.0. The van der Waals surface area contributed by atoms with Gasteiger partial charge in [0.05, 0.1) is 6.04 Å². The van der Waals surface area contributed by atoms with Gasteiger partial charge in [0.2, 0.25) is 0 Å². The second-order valence-electron chi connectivity index (χ2n) is 5.94. The summed E-state index contributed by atoms with van der Waals surface area (Å²) in [5, 5.41) is 1.52. The van der Waals surface area contributed by atoms with E-state index in [4.69, 9.17) is 27.9 Å². The summed E-state index contributed by atoms with van der Waals surface area (Å²) in [5.41, 5.74) is 2.44. The SMILES string of the molecule is Clc1ccc([C@H]2O[C@H]3CCCN3[C@@H]2c2ccc(Cl)cc2)cc1. The van der Waals surface area contributed by atoms with E-state index in [1.807, 2.05) is 24.3 Å². The summed E-state index contributed by atoms with van der Waals surface area (Å²) < 4.78 is 6.36. The molecule has 0 unspecified atom stereocenters. The Kier molecular flexibility index (Phi) is 3.87. The number of halogens is 2. The van der Waals surface area contributed by atoms with Crippen LogP contribution in [-0.4, -0.2) is 17.7 Å². The van der Waals surface area contributed by atoms with Crippen molar-refractivity contribution in [1.82, 2.24) is 4.90 Å². The Labute approximate surface area is 140 Å². The second-order valence-corrected chi connectivity index (χ2v) is 6.81. The van der Waals surface area contributed by atoms with E-state index in [9.17, 15) is 0 Å². The minimum atomic E-state index is 0.0451. The minimum Gasteiger partial charge on any atom is -0.353 e. The highest BCUT2D eigenvalue weighted by Gasteiger charge is 2.45. The molecule has 4 heteroatoms. The Morgan fingerprint density at radius 2 is 1.45 bits per heavy atom. The van der Waals surface area contributed by atoms with E-state index in [0.29, 0.717) is 0 Å². The largest absolute Gasteiger partial charge is 0.353 e. The number of hydrogen-bond acceptors (Lipinski definition) is 2. The van der Waals surface area contributed by atoms with Gasteiger partial charge >= 0.3 is 0 Å². The van der Waals surface area contributed by atoms with Crippen molar-refractivity contribution < 1.29 is 4.74 Å². The fourth-order valence-corrected chi connectivity index (χ4v) is 3.83. The van der Waals surface area contributed by atoms with Crippen LogP contribution in [0.1, 0.15) is 36.1 Å². The van der Waals surface area contributed by atoms with E-state index in [1.54, 1.807) is 0 Å². The highest BCUT2D eigenvalue weighted by atomic mass is 35.5. The fourth-order valence-electron chi connectivity index (χ4n) is 3.58. The smallest absolute Gasteiger partial charge is 0.112 e. The molecule has 0 aliphatic carbocycles. The average molecular weight is 334 g/mol. The molecule has 2 fully saturated rings. The topological polar surface area (TPSA) is 12.5 Å². The average Bonchev–Trinajstić information content (AvgIpc) is 3.10. The first kappa shape index (κ1) is 14.5. The zero-order chi connectivity index (χ0) is 15.1. The molecule has 0 N–H and O–H groups in total. The molecule has 2 aromatic rings. The van der Waals surface area contributed by atoms with E-state index >= 15 is 0 Å². The summed E-state index contributed by atoms with van der Waals surface area (Å²) in [6.45, 7) is 1.09. The highest BCUT2D eigenvalue weighted by molar-refractivity contribution is 6.30. The molecule has 0 spiro atoms. The maximum absolute atomic E-state index is 6.36. The van der Waals surface area contributed by atoms with Gasteiger partial charge in [-0.25, -0.2) is 0 Å². The fraction of sp³-hybridized carbons (Fsp3) is 0.333. The van der Waals surface area contributed by atoms with Gasteiger partial charge in [0.15, 0.2) is 0 Å². The van der Waals surface area contributed by atoms with E-state index < -0.39 is 0 Å². The monoisotopic (exact) mass is 333 g/mol. The molecular weight excluding hydrogens is 317 g/mol. The molecule has 114 valence electrons. The van der Waals surface area contributed by atoms with Crippen molar-refractivity contribution in [2.24, 2.45) is 0 Å². The first-order valence-corrected chi connectivity index (χ1v) is 8.40. The number of rotatable bonds is 2. The Morgan fingerprint density at radius 3 is 2.09 bits per heavy atom. The summed E-state index contributed by atoms with van der Waals surface area (Å²) in [5.74, 6) is 0. The van der Waals surface area contributed by atoms with E-state index in [1.165, 1.54) is 17.5 Å². The van der Waals surface area contributed by atoms with Gasteiger partial charge < -0.3 is 4.74 Å². The zero-order valence-electron chi connectivity index (χ0n) is 12.1. The first-order valence-electron chi connectivity index (χ1n) is 7.64. The van der Waals surface area contributed by atoms with E-state index in [2.05, 4.69) is 29.2 Å². The molecule has 22 heavy (non-hydrogen) atoms. The predicted octanol–water partition coefficient (Wildman–Crippen LogP) is 5.23. The van der Waals surface area contributed by atoms with Crippen LogP contribution in [0.15, 0.2) is 48.5 Å². The third-order valence-corrected chi connectivity index (χ3v) is 5.10. The van der Waals surface area contributed by atoms with E-state index in [-0.39, 0.29) is 18.4 Å². The Bertz CT molecular complexity index is 656. The molecule has 0 amide bonds. The van der Waals surface area contributed by atoms with Crippen LogP contribution < -0.4 is 0 Å². The maximum atomic E-state index is 6.36. The van der Waals surface area contributed by atoms with Crippen molar-refractivity contribution in [3.8, 4) is 0 Å². The Morgan fingerprint density at radius 1 is 0.864 bits per heavy atom. The molecule has 0 saturated carbocycles. The molecular formula is C18H17Cl2NO. The van der Waals surface area contributed by atoms with Crippen LogP contribution in [0, 0.1) is 0 Å². The number of ether oxygens (including phenoxy) is 1. The number of benzene rings is 2. The standard InChI is InChI=1S/C18H17Cl2NO/c19-14-7-3-12(4-8-14)17-18(13-5-9-15(20)10-6-13)22-16-2-1-11-21(16)17/h3-10,16-18H,1-2,11H2/t16-,17+,18+/m0/s1. The summed E-state index contributed by atoms with van der Waals surface area (Å²) >= 11 is 12.1. The number of nitrogens with zero attached hydrogens (tertiary/aromatic N) is 1. The minimum absolute atomic E-state index is 0.0451. The van der Waals surface area contributed by atoms with Gasteiger partial charge in [0.1, 0.15) is 12.3 Å². The van der Waals surface area contributed by atoms with Gasteiger partial charge in [-0.15, -0.1) is 0 Å². The molecule has 2 aromatic carbocycles. The lowest BCUT2D eigenvalue weighted by Gasteiger charge is -2.25. The third kappa shape index (κ3) is 2.55. The van der Waals surface area contributed by atoms with Crippen molar-refractivity contribution >= 4 is 23.2 Å². The second kappa shape index (κ2) is 5.86. The van der Waals surface area contributed by atoms with Gasteiger partial charge in [-0.05, 0) is 48.2 Å². The molecule has 0 radical (unpaired) electrons. The van der Waals surface area contributed by atoms with Crippen molar-refractivity contribution in [2.75, 3.05) is 6.54 Å². The quantitative estimate of drug-likeness (QED) is 0.746. The van der Waals surface area contributed by atoms with Crippen molar-refractivity contribution in [1.29, 1.82) is 0 Å². The molecule has 0 aromatic heterocycles. The molecule has 2 aliphatic rings. The lowest BCUT2D eigenvalue weighted by molar-refractivity contribution is 0.0174. The molecule has 3 atom stereocenters. The van der Waals surface area contributed by atoms with Gasteiger partial charge in [-0.1, -0.05) is 47.5 Å². The third-order valence-electron chi connectivity index (χ3n) is 4.60. The van der Waals surface area contributed by atoms with Crippen LogP contribution >= 0.6 is 23.2 Å². The van der Waals surface area contributed by atoms with Gasteiger partial charge in [-0.2, -0.15) is 0 Å². The highest BCUT2D eigenvalue weighted by Crippen LogP contribution is 2.48. The predicted molar refractivity (Wildman–Crippen MR) is 89.2 cm³/mol. The molecule has 0 bridgehead atoms. The van der Waals surface area contributed by atoms with Crippen LogP contribution in [0.2, 0.25) is 10.0 Å². The molecule has 2 aliphatic heterocycles. The van der Waals surface area contributed by atoms with Crippen LogP contribution in [0.25, 0.3) is 0 Å². The van der Waals surface area contributed by atoms with Crippen molar-refractivity contribution in [3.63, 3.8) is 0 Å².